The normalized spacial score (nSPS) is 16.7. The number of aromatic nitrogens is 4. The lowest BCUT2D eigenvalue weighted by atomic mass is 10.0. The number of benzene rings is 1. The Labute approximate surface area is 174 Å². The Morgan fingerprint density at radius 2 is 1.93 bits per heavy atom. The molecule has 2 aromatic heterocycles. The number of thiophene rings is 1. The standard InChI is InChI=1S/C20H26N6O2S/c1-24-8-10-25(11-9-24)19(17-7-6-15(27-2)13-18(17)28-3)20-21-22-23-26(20)14-16-5-4-12-29-16/h4-7,12-13,19H,8-11,14H2,1-3H3. The molecule has 1 unspecified atom stereocenters. The Balaban J connectivity index is 1.75. The van der Waals surface area contributed by atoms with Crippen LogP contribution in [0.3, 0.4) is 0 Å². The summed E-state index contributed by atoms with van der Waals surface area (Å²) in [6.45, 7) is 4.52. The second-order valence-electron chi connectivity index (χ2n) is 7.12. The first-order valence-corrected chi connectivity index (χ1v) is 10.5. The van der Waals surface area contributed by atoms with Gasteiger partial charge in [-0.1, -0.05) is 6.07 Å². The van der Waals surface area contributed by atoms with Crippen LogP contribution in [-0.4, -0.2) is 77.5 Å². The maximum absolute atomic E-state index is 5.73. The van der Waals surface area contributed by atoms with Crippen LogP contribution in [0.15, 0.2) is 35.7 Å². The highest BCUT2D eigenvalue weighted by atomic mass is 32.1. The zero-order valence-corrected chi connectivity index (χ0v) is 17.8. The molecule has 1 saturated heterocycles. The van der Waals surface area contributed by atoms with Gasteiger partial charge in [0, 0.05) is 42.7 Å². The minimum atomic E-state index is -0.0977. The van der Waals surface area contributed by atoms with E-state index in [0.29, 0.717) is 6.54 Å². The zero-order chi connectivity index (χ0) is 20.2. The number of likely N-dealkylation sites (N-methyl/N-ethyl adjacent to an activating group) is 1. The van der Waals surface area contributed by atoms with Crippen LogP contribution in [0.1, 0.15) is 22.3 Å². The van der Waals surface area contributed by atoms with E-state index in [1.165, 1.54) is 4.88 Å². The third-order valence-corrected chi connectivity index (χ3v) is 6.19. The van der Waals surface area contributed by atoms with E-state index in [2.05, 4.69) is 56.0 Å². The van der Waals surface area contributed by atoms with Crippen molar-refractivity contribution < 1.29 is 9.47 Å². The van der Waals surface area contributed by atoms with Crippen molar-refractivity contribution in [3.05, 3.63) is 52.0 Å². The number of tetrazole rings is 1. The smallest absolute Gasteiger partial charge is 0.173 e. The quantitative estimate of drug-likeness (QED) is 0.587. The first kappa shape index (κ1) is 19.8. The average Bonchev–Trinajstić information content (AvgIpc) is 3.43. The van der Waals surface area contributed by atoms with Gasteiger partial charge in [0.1, 0.15) is 17.5 Å². The molecule has 0 amide bonds. The first-order chi connectivity index (χ1) is 14.2. The highest BCUT2D eigenvalue weighted by Gasteiger charge is 2.32. The second kappa shape index (κ2) is 8.89. The third kappa shape index (κ3) is 4.26. The number of rotatable bonds is 7. The molecule has 0 spiro atoms. The molecular weight excluding hydrogens is 388 g/mol. The number of ether oxygens (including phenoxy) is 2. The van der Waals surface area contributed by atoms with Gasteiger partial charge >= 0.3 is 0 Å². The van der Waals surface area contributed by atoms with Gasteiger partial charge in [0.15, 0.2) is 5.82 Å². The van der Waals surface area contributed by atoms with Crippen LogP contribution in [0.5, 0.6) is 11.5 Å². The molecule has 9 heteroatoms. The van der Waals surface area contributed by atoms with Gasteiger partial charge in [0.2, 0.25) is 0 Å². The summed E-state index contributed by atoms with van der Waals surface area (Å²) in [5.74, 6) is 2.37. The molecule has 1 aliphatic heterocycles. The van der Waals surface area contributed by atoms with Gasteiger partial charge in [-0.05, 0) is 41.1 Å². The number of hydrogen-bond donors (Lipinski definition) is 0. The summed E-state index contributed by atoms with van der Waals surface area (Å²) < 4.78 is 13.0. The van der Waals surface area contributed by atoms with E-state index in [9.17, 15) is 0 Å². The summed E-state index contributed by atoms with van der Waals surface area (Å²) in [7, 11) is 5.50. The van der Waals surface area contributed by atoms with Crippen molar-refractivity contribution in [2.75, 3.05) is 47.4 Å². The highest BCUT2D eigenvalue weighted by Crippen LogP contribution is 2.36. The van der Waals surface area contributed by atoms with Crippen LogP contribution in [0.4, 0.5) is 0 Å². The van der Waals surface area contributed by atoms with Gasteiger partial charge in [-0.15, -0.1) is 16.4 Å². The van der Waals surface area contributed by atoms with Crippen molar-refractivity contribution in [2.45, 2.75) is 12.6 Å². The Kier molecular flexibility index (Phi) is 6.08. The molecule has 29 heavy (non-hydrogen) atoms. The van der Waals surface area contributed by atoms with Crippen LogP contribution < -0.4 is 9.47 Å². The lowest BCUT2D eigenvalue weighted by molar-refractivity contribution is 0.120. The lowest BCUT2D eigenvalue weighted by Crippen LogP contribution is -2.46. The average molecular weight is 415 g/mol. The summed E-state index contributed by atoms with van der Waals surface area (Å²) in [5.41, 5.74) is 1.04. The number of piperazine rings is 1. The fourth-order valence-electron chi connectivity index (χ4n) is 3.69. The molecule has 1 fully saturated rings. The van der Waals surface area contributed by atoms with E-state index in [4.69, 9.17) is 9.47 Å². The number of hydrogen-bond acceptors (Lipinski definition) is 8. The van der Waals surface area contributed by atoms with Crippen molar-refractivity contribution >= 4 is 11.3 Å². The molecular formula is C20H26N6O2S. The third-order valence-electron chi connectivity index (χ3n) is 5.33. The van der Waals surface area contributed by atoms with E-state index in [1.807, 2.05) is 16.8 Å². The summed E-state index contributed by atoms with van der Waals surface area (Å²) >= 11 is 1.71. The van der Waals surface area contributed by atoms with Crippen LogP contribution in [0.25, 0.3) is 0 Å². The Morgan fingerprint density at radius 1 is 1.10 bits per heavy atom. The minimum absolute atomic E-state index is 0.0977. The topological polar surface area (TPSA) is 68.5 Å². The molecule has 0 saturated carbocycles. The van der Waals surface area contributed by atoms with Crippen molar-refractivity contribution in [1.82, 2.24) is 30.0 Å². The fourth-order valence-corrected chi connectivity index (χ4v) is 4.38. The van der Waals surface area contributed by atoms with Gasteiger partial charge in [-0.3, -0.25) is 4.90 Å². The SMILES string of the molecule is COc1ccc(C(c2nnnn2Cc2cccs2)N2CCN(C)CC2)c(OC)c1. The zero-order valence-electron chi connectivity index (χ0n) is 17.0. The molecule has 0 N–H and O–H groups in total. The predicted molar refractivity (Wildman–Crippen MR) is 112 cm³/mol. The minimum Gasteiger partial charge on any atom is -0.497 e. The maximum atomic E-state index is 5.73. The van der Waals surface area contributed by atoms with Crippen LogP contribution >= 0.6 is 11.3 Å². The van der Waals surface area contributed by atoms with Crippen molar-refractivity contribution in [3.63, 3.8) is 0 Å². The lowest BCUT2D eigenvalue weighted by Gasteiger charge is -2.37. The van der Waals surface area contributed by atoms with E-state index >= 15 is 0 Å². The molecule has 0 bridgehead atoms. The summed E-state index contributed by atoms with van der Waals surface area (Å²) in [5, 5.41) is 14.8. The van der Waals surface area contributed by atoms with Gasteiger partial charge in [-0.25, -0.2) is 4.68 Å². The Morgan fingerprint density at radius 3 is 2.62 bits per heavy atom. The van der Waals surface area contributed by atoms with Crippen molar-refractivity contribution in [2.24, 2.45) is 0 Å². The highest BCUT2D eigenvalue weighted by molar-refractivity contribution is 7.09. The molecule has 1 aromatic carbocycles. The first-order valence-electron chi connectivity index (χ1n) is 9.62. The van der Waals surface area contributed by atoms with Crippen molar-refractivity contribution in [1.29, 1.82) is 0 Å². The molecule has 154 valence electrons. The fraction of sp³-hybridized carbons (Fsp3) is 0.450. The summed E-state index contributed by atoms with van der Waals surface area (Å²) in [4.78, 5) is 5.99. The molecule has 1 aliphatic rings. The van der Waals surface area contributed by atoms with Crippen molar-refractivity contribution in [3.8, 4) is 11.5 Å². The second-order valence-corrected chi connectivity index (χ2v) is 8.16. The molecule has 0 aliphatic carbocycles. The van der Waals surface area contributed by atoms with Crippen LogP contribution in [0.2, 0.25) is 0 Å². The molecule has 0 radical (unpaired) electrons. The molecule has 4 rings (SSSR count). The van der Waals surface area contributed by atoms with Crippen LogP contribution in [-0.2, 0) is 6.54 Å². The number of methoxy groups -OCH3 is 2. The Bertz CT molecular complexity index is 921. The summed E-state index contributed by atoms with van der Waals surface area (Å²) in [6.07, 6.45) is 0. The predicted octanol–water partition coefficient (Wildman–Crippen LogP) is 2.14. The van der Waals surface area contributed by atoms with Gasteiger partial charge in [0.25, 0.3) is 0 Å². The largest absolute Gasteiger partial charge is 0.497 e. The monoisotopic (exact) mass is 414 g/mol. The van der Waals surface area contributed by atoms with E-state index < -0.39 is 0 Å². The van der Waals surface area contributed by atoms with Gasteiger partial charge < -0.3 is 14.4 Å². The molecule has 3 aromatic rings. The van der Waals surface area contributed by atoms with E-state index in [1.54, 1.807) is 25.6 Å². The van der Waals surface area contributed by atoms with Crippen LogP contribution in [0, 0.1) is 0 Å². The molecule has 3 heterocycles. The van der Waals surface area contributed by atoms with Gasteiger partial charge in [-0.2, -0.15) is 0 Å². The van der Waals surface area contributed by atoms with E-state index in [0.717, 1.165) is 49.1 Å². The Hall–Kier alpha value is -2.49. The maximum Gasteiger partial charge on any atom is 0.173 e. The molecule has 1 atom stereocenters. The molecule has 8 nitrogen and oxygen atoms in total. The number of nitrogens with zero attached hydrogens (tertiary/aromatic N) is 6. The summed E-state index contributed by atoms with van der Waals surface area (Å²) in [6, 6.07) is 10.0. The van der Waals surface area contributed by atoms with E-state index in [-0.39, 0.29) is 6.04 Å². The van der Waals surface area contributed by atoms with Gasteiger partial charge in [0.05, 0.1) is 20.8 Å².